The first-order valence-electron chi connectivity index (χ1n) is 6.49. The number of aromatic nitrogens is 2. The Labute approximate surface area is 107 Å². The summed E-state index contributed by atoms with van der Waals surface area (Å²) in [6.07, 6.45) is 4.53. The van der Waals surface area contributed by atoms with E-state index >= 15 is 0 Å². The minimum atomic E-state index is -0.295. The van der Waals surface area contributed by atoms with Crippen LogP contribution in [-0.2, 0) is 6.42 Å². The lowest BCUT2D eigenvalue weighted by atomic mass is 9.95. The van der Waals surface area contributed by atoms with E-state index in [9.17, 15) is 5.11 Å². The number of aryl methyl sites for hydroxylation is 2. The molecule has 1 aliphatic rings. The Morgan fingerprint density at radius 2 is 2.17 bits per heavy atom. The molecule has 1 aliphatic carbocycles. The van der Waals surface area contributed by atoms with Crippen molar-refractivity contribution in [3.63, 3.8) is 0 Å². The fraction of sp³-hybridized carbons (Fsp3) is 0.400. The van der Waals surface area contributed by atoms with E-state index in [1.165, 1.54) is 11.4 Å². The number of fused-ring (bicyclic) bond motifs is 1. The molecule has 1 N–H and O–H groups in total. The number of aliphatic hydroxyl groups is 1. The summed E-state index contributed by atoms with van der Waals surface area (Å²) in [7, 11) is 0. The second-order valence-electron chi connectivity index (χ2n) is 5.09. The molecule has 0 aliphatic heterocycles. The molecular formula is C15H18N2O. The molecule has 1 unspecified atom stereocenters. The zero-order chi connectivity index (χ0) is 12.7. The Kier molecular flexibility index (Phi) is 2.71. The number of hydrogen-bond donors (Lipinski definition) is 1. The molecule has 2 aromatic heterocycles. The summed E-state index contributed by atoms with van der Waals surface area (Å²) < 4.78 is 2.26. The lowest BCUT2D eigenvalue weighted by Crippen LogP contribution is -2.11. The number of nitrogens with zero attached hydrogens (tertiary/aromatic N) is 2. The largest absolute Gasteiger partial charge is 0.388 e. The van der Waals surface area contributed by atoms with E-state index in [4.69, 9.17) is 0 Å². The van der Waals surface area contributed by atoms with Crippen LogP contribution in [0.25, 0.3) is 5.69 Å². The SMILES string of the molecule is Cc1cc(-n2c(C)cc3c2CCCC3O)ccn1. The van der Waals surface area contributed by atoms with Crippen LogP contribution in [0.3, 0.4) is 0 Å². The lowest BCUT2D eigenvalue weighted by Gasteiger charge is -2.20. The van der Waals surface area contributed by atoms with Gasteiger partial charge in [0.2, 0.25) is 0 Å². The number of pyridine rings is 1. The van der Waals surface area contributed by atoms with E-state index < -0.39 is 0 Å². The van der Waals surface area contributed by atoms with Crippen molar-refractivity contribution in [3.8, 4) is 5.69 Å². The Morgan fingerprint density at radius 3 is 2.94 bits per heavy atom. The summed E-state index contributed by atoms with van der Waals surface area (Å²) in [6, 6.07) is 6.24. The molecule has 18 heavy (non-hydrogen) atoms. The van der Waals surface area contributed by atoms with Crippen molar-refractivity contribution in [2.45, 2.75) is 39.2 Å². The fourth-order valence-corrected chi connectivity index (χ4v) is 2.91. The number of hydrogen-bond acceptors (Lipinski definition) is 2. The van der Waals surface area contributed by atoms with E-state index in [1.807, 2.05) is 19.2 Å². The van der Waals surface area contributed by atoms with Gasteiger partial charge < -0.3 is 9.67 Å². The number of aliphatic hydroxyl groups excluding tert-OH is 1. The minimum Gasteiger partial charge on any atom is -0.388 e. The highest BCUT2D eigenvalue weighted by Gasteiger charge is 2.23. The highest BCUT2D eigenvalue weighted by Crippen LogP contribution is 2.33. The van der Waals surface area contributed by atoms with E-state index in [2.05, 4.69) is 28.6 Å². The zero-order valence-corrected chi connectivity index (χ0v) is 10.8. The van der Waals surface area contributed by atoms with Gasteiger partial charge in [0.25, 0.3) is 0 Å². The van der Waals surface area contributed by atoms with E-state index in [1.54, 1.807) is 0 Å². The second-order valence-corrected chi connectivity index (χ2v) is 5.09. The molecular weight excluding hydrogens is 224 g/mol. The smallest absolute Gasteiger partial charge is 0.0807 e. The van der Waals surface area contributed by atoms with Gasteiger partial charge in [-0.3, -0.25) is 4.98 Å². The van der Waals surface area contributed by atoms with Gasteiger partial charge in [0.1, 0.15) is 0 Å². The van der Waals surface area contributed by atoms with Gasteiger partial charge in [-0.2, -0.15) is 0 Å². The number of rotatable bonds is 1. The van der Waals surface area contributed by atoms with Gasteiger partial charge in [-0.05, 0) is 51.3 Å². The van der Waals surface area contributed by atoms with Crippen LogP contribution in [0.1, 0.15) is 41.6 Å². The molecule has 0 saturated heterocycles. The van der Waals surface area contributed by atoms with Crippen LogP contribution in [-0.4, -0.2) is 14.7 Å². The third-order valence-corrected chi connectivity index (χ3v) is 3.71. The average molecular weight is 242 g/mol. The molecule has 1 atom stereocenters. The highest BCUT2D eigenvalue weighted by molar-refractivity contribution is 5.43. The Morgan fingerprint density at radius 1 is 1.33 bits per heavy atom. The summed E-state index contributed by atoms with van der Waals surface area (Å²) in [5.41, 5.74) is 5.72. The fourth-order valence-electron chi connectivity index (χ4n) is 2.91. The van der Waals surface area contributed by atoms with Gasteiger partial charge in [-0.1, -0.05) is 0 Å². The molecule has 3 rings (SSSR count). The molecule has 2 aromatic rings. The van der Waals surface area contributed by atoms with Crippen LogP contribution in [0.4, 0.5) is 0 Å². The molecule has 0 spiro atoms. The monoisotopic (exact) mass is 242 g/mol. The van der Waals surface area contributed by atoms with Gasteiger partial charge in [-0.25, -0.2) is 0 Å². The van der Waals surface area contributed by atoms with Gasteiger partial charge in [0.05, 0.1) is 6.10 Å². The van der Waals surface area contributed by atoms with Crippen LogP contribution in [0.2, 0.25) is 0 Å². The molecule has 94 valence electrons. The summed E-state index contributed by atoms with van der Waals surface area (Å²) in [6.45, 7) is 4.10. The summed E-state index contributed by atoms with van der Waals surface area (Å²) in [4.78, 5) is 4.24. The molecule has 2 heterocycles. The molecule has 0 amide bonds. The third kappa shape index (κ3) is 1.75. The minimum absolute atomic E-state index is 0.295. The molecule has 0 fully saturated rings. The molecule has 0 radical (unpaired) electrons. The van der Waals surface area contributed by atoms with Crippen molar-refractivity contribution in [1.82, 2.24) is 9.55 Å². The van der Waals surface area contributed by atoms with Crippen molar-refractivity contribution < 1.29 is 5.11 Å². The standard InChI is InChI=1S/C15H18N2O/c1-10-8-12(6-7-16-10)17-11(2)9-13-14(17)4-3-5-15(13)18/h6-9,15,18H,3-5H2,1-2H3. The van der Waals surface area contributed by atoms with Crippen LogP contribution in [0.5, 0.6) is 0 Å². The maximum Gasteiger partial charge on any atom is 0.0807 e. The molecule has 3 heteroatoms. The van der Waals surface area contributed by atoms with E-state index in [0.717, 1.165) is 36.2 Å². The van der Waals surface area contributed by atoms with Gasteiger partial charge in [0, 0.05) is 34.5 Å². The summed E-state index contributed by atoms with van der Waals surface area (Å²) in [5.74, 6) is 0. The Bertz CT molecular complexity index is 586. The maximum absolute atomic E-state index is 10.1. The summed E-state index contributed by atoms with van der Waals surface area (Å²) >= 11 is 0. The Hall–Kier alpha value is -1.61. The Balaban J connectivity index is 2.18. The van der Waals surface area contributed by atoms with Crippen LogP contribution < -0.4 is 0 Å². The maximum atomic E-state index is 10.1. The van der Waals surface area contributed by atoms with Crippen molar-refractivity contribution >= 4 is 0 Å². The topological polar surface area (TPSA) is 38.0 Å². The van der Waals surface area contributed by atoms with Gasteiger partial charge in [0.15, 0.2) is 0 Å². The van der Waals surface area contributed by atoms with E-state index in [0.29, 0.717) is 0 Å². The zero-order valence-electron chi connectivity index (χ0n) is 10.8. The first-order chi connectivity index (χ1) is 8.66. The van der Waals surface area contributed by atoms with Crippen molar-refractivity contribution in [2.75, 3.05) is 0 Å². The van der Waals surface area contributed by atoms with E-state index in [-0.39, 0.29) is 6.10 Å². The van der Waals surface area contributed by atoms with Crippen molar-refractivity contribution in [1.29, 1.82) is 0 Å². The average Bonchev–Trinajstić information content (AvgIpc) is 2.67. The van der Waals surface area contributed by atoms with Crippen LogP contribution >= 0.6 is 0 Å². The van der Waals surface area contributed by atoms with Gasteiger partial charge in [-0.15, -0.1) is 0 Å². The van der Waals surface area contributed by atoms with Crippen LogP contribution in [0, 0.1) is 13.8 Å². The second kappa shape index (κ2) is 4.25. The predicted octanol–water partition coefficient (Wildman–Crippen LogP) is 2.86. The van der Waals surface area contributed by atoms with Crippen molar-refractivity contribution in [2.24, 2.45) is 0 Å². The summed E-state index contributed by atoms with van der Waals surface area (Å²) in [5, 5.41) is 10.1. The highest BCUT2D eigenvalue weighted by atomic mass is 16.3. The predicted molar refractivity (Wildman–Crippen MR) is 70.9 cm³/mol. The lowest BCUT2D eigenvalue weighted by molar-refractivity contribution is 0.156. The molecule has 0 aromatic carbocycles. The van der Waals surface area contributed by atoms with Crippen molar-refractivity contribution in [3.05, 3.63) is 47.0 Å². The quantitative estimate of drug-likeness (QED) is 0.835. The first kappa shape index (κ1) is 11.5. The molecule has 3 nitrogen and oxygen atoms in total. The third-order valence-electron chi connectivity index (χ3n) is 3.71. The first-order valence-corrected chi connectivity index (χ1v) is 6.49. The van der Waals surface area contributed by atoms with Gasteiger partial charge >= 0.3 is 0 Å². The normalized spacial score (nSPS) is 18.7. The molecule has 0 saturated carbocycles. The molecule has 0 bridgehead atoms. The van der Waals surface area contributed by atoms with Crippen LogP contribution in [0.15, 0.2) is 24.4 Å².